The second-order valence-corrected chi connectivity index (χ2v) is 6.62. The summed E-state index contributed by atoms with van der Waals surface area (Å²) in [6.45, 7) is -0.549. The van der Waals surface area contributed by atoms with Gasteiger partial charge in [-0.1, -0.05) is 6.42 Å². The number of aliphatic hydroxyl groups is 1. The zero-order valence-electron chi connectivity index (χ0n) is 10.4. The van der Waals surface area contributed by atoms with Gasteiger partial charge >= 0.3 is 0 Å². The fraction of sp³-hybridized carbons (Fsp3) is 0.500. The van der Waals surface area contributed by atoms with Crippen molar-refractivity contribution in [3.05, 3.63) is 29.3 Å². The summed E-state index contributed by atoms with van der Waals surface area (Å²) in [5, 5.41) is 8.95. The Morgan fingerprint density at radius 1 is 1.37 bits per heavy atom. The van der Waals surface area contributed by atoms with E-state index in [0.717, 1.165) is 35.7 Å². The lowest BCUT2D eigenvalue weighted by Crippen LogP contribution is -2.41. The van der Waals surface area contributed by atoms with E-state index in [-0.39, 0.29) is 11.6 Å². The van der Waals surface area contributed by atoms with Crippen molar-refractivity contribution in [3.63, 3.8) is 0 Å². The molecule has 1 fully saturated rings. The quantitative estimate of drug-likeness (QED) is 0.917. The molecule has 0 heterocycles. The van der Waals surface area contributed by atoms with Crippen LogP contribution in [0.4, 0.5) is 8.78 Å². The Morgan fingerprint density at radius 3 is 2.47 bits per heavy atom. The predicted molar refractivity (Wildman–Crippen MR) is 64.9 cm³/mol. The average molecular weight is 291 g/mol. The Bertz CT molecular complexity index is 585. The SMILES string of the molecule is CN(C1CCC1)S(=O)(=O)c1cc(CO)cc(F)c1F. The van der Waals surface area contributed by atoms with E-state index in [1.807, 2.05) is 0 Å². The van der Waals surface area contributed by atoms with Gasteiger partial charge < -0.3 is 5.11 Å². The minimum absolute atomic E-state index is 0.0273. The molecule has 1 aliphatic rings. The van der Waals surface area contributed by atoms with Gasteiger partial charge in [0, 0.05) is 13.1 Å². The van der Waals surface area contributed by atoms with Crippen molar-refractivity contribution in [3.8, 4) is 0 Å². The van der Waals surface area contributed by atoms with Crippen LogP contribution in [0.3, 0.4) is 0 Å². The molecule has 1 aromatic carbocycles. The van der Waals surface area contributed by atoms with Gasteiger partial charge in [0.05, 0.1) is 6.61 Å². The van der Waals surface area contributed by atoms with E-state index in [2.05, 4.69) is 0 Å². The van der Waals surface area contributed by atoms with Crippen LogP contribution in [0.1, 0.15) is 24.8 Å². The van der Waals surface area contributed by atoms with E-state index in [0.29, 0.717) is 0 Å². The number of nitrogens with zero attached hydrogens (tertiary/aromatic N) is 1. The summed E-state index contributed by atoms with van der Waals surface area (Å²) < 4.78 is 52.6. The van der Waals surface area contributed by atoms with E-state index < -0.39 is 33.2 Å². The third-order valence-electron chi connectivity index (χ3n) is 3.48. The molecule has 0 amide bonds. The second-order valence-electron chi connectivity index (χ2n) is 4.65. The van der Waals surface area contributed by atoms with Crippen molar-refractivity contribution >= 4 is 10.0 Å². The van der Waals surface area contributed by atoms with Crippen LogP contribution in [0.2, 0.25) is 0 Å². The summed E-state index contributed by atoms with van der Waals surface area (Å²) in [6, 6.07) is 1.60. The van der Waals surface area contributed by atoms with Crippen LogP contribution in [0.15, 0.2) is 17.0 Å². The van der Waals surface area contributed by atoms with Crippen LogP contribution >= 0.6 is 0 Å². The number of hydrogen-bond donors (Lipinski definition) is 1. The van der Waals surface area contributed by atoms with Crippen LogP contribution < -0.4 is 0 Å². The van der Waals surface area contributed by atoms with Crippen molar-refractivity contribution in [2.45, 2.75) is 36.8 Å². The molecule has 7 heteroatoms. The van der Waals surface area contributed by atoms with Crippen LogP contribution in [-0.2, 0) is 16.6 Å². The number of hydrogen-bond acceptors (Lipinski definition) is 3. The van der Waals surface area contributed by atoms with Gasteiger partial charge in [-0.2, -0.15) is 4.31 Å². The molecule has 1 aromatic rings. The molecule has 0 radical (unpaired) electrons. The first kappa shape index (κ1) is 14.4. The summed E-state index contributed by atoms with van der Waals surface area (Å²) in [6.07, 6.45) is 2.37. The Labute approximate surface area is 110 Å². The molecule has 1 aliphatic carbocycles. The molecule has 4 nitrogen and oxygen atoms in total. The smallest absolute Gasteiger partial charge is 0.246 e. The van der Waals surface area contributed by atoms with Gasteiger partial charge in [0.15, 0.2) is 11.6 Å². The maximum Gasteiger partial charge on any atom is 0.246 e. The van der Waals surface area contributed by atoms with E-state index in [1.165, 1.54) is 7.05 Å². The maximum atomic E-state index is 13.7. The molecular weight excluding hydrogens is 276 g/mol. The molecule has 1 N–H and O–H groups in total. The van der Waals surface area contributed by atoms with Gasteiger partial charge in [-0.15, -0.1) is 0 Å². The van der Waals surface area contributed by atoms with Crippen molar-refractivity contribution in [1.29, 1.82) is 0 Å². The third-order valence-corrected chi connectivity index (χ3v) is 5.39. The second kappa shape index (κ2) is 5.15. The van der Waals surface area contributed by atoms with Crippen LogP contribution in [0.25, 0.3) is 0 Å². The fourth-order valence-electron chi connectivity index (χ4n) is 2.00. The van der Waals surface area contributed by atoms with E-state index in [4.69, 9.17) is 5.11 Å². The van der Waals surface area contributed by atoms with E-state index in [9.17, 15) is 17.2 Å². The van der Waals surface area contributed by atoms with Crippen molar-refractivity contribution < 1.29 is 22.3 Å². The highest BCUT2D eigenvalue weighted by Crippen LogP contribution is 2.30. The molecule has 2 rings (SSSR count). The van der Waals surface area contributed by atoms with Crippen LogP contribution in [0.5, 0.6) is 0 Å². The molecule has 1 saturated carbocycles. The van der Waals surface area contributed by atoms with Crippen LogP contribution in [-0.4, -0.2) is 30.9 Å². The molecule has 0 aliphatic heterocycles. The molecule has 0 saturated heterocycles. The fourth-order valence-corrected chi connectivity index (χ4v) is 3.54. The Balaban J connectivity index is 2.47. The summed E-state index contributed by atoms with van der Waals surface area (Å²) in [7, 11) is -2.71. The highest BCUT2D eigenvalue weighted by Gasteiger charge is 2.34. The lowest BCUT2D eigenvalue weighted by atomic mass is 9.94. The molecular formula is C12H15F2NO3S. The summed E-state index contributed by atoms with van der Waals surface area (Å²) >= 11 is 0. The number of benzene rings is 1. The largest absolute Gasteiger partial charge is 0.392 e. The molecule has 19 heavy (non-hydrogen) atoms. The van der Waals surface area contributed by atoms with Gasteiger partial charge in [-0.25, -0.2) is 17.2 Å². The maximum absolute atomic E-state index is 13.7. The number of aliphatic hydroxyl groups excluding tert-OH is 1. The standard InChI is InChI=1S/C12H15F2NO3S/c1-15(9-3-2-4-9)19(17,18)11-6-8(7-16)5-10(13)12(11)14/h5-6,9,16H,2-4,7H2,1H3. The highest BCUT2D eigenvalue weighted by molar-refractivity contribution is 7.89. The van der Waals surface area contributed by atoms with Gasteiger partial charge in [0.1, 0.15) is 4.90 Å². The van der Waals surface area contributed by atoms with Crippen LogP contribution in [0, 0.1) is 11.6 Å². The van der Waals surface area contributed by atoms with E-state index in [1.54, 1.807) is 0 Å². The minimum Gasteiger partial charge on any atom is -0.392 e. The van der Waals surface area contributed by atoms with Gasteiger partial charge in [-0.05, 0) is 30.5 Å². The van der Waals surface area contributed by atoms with Crippen molar-refractivity contribution in [2.24, 2.45) is 0 Å². The first-order valence-electron chi connectivity index (χ1n) is 5.94. The molecule has 0 aromatic heterocycles. The summed E-state index contributed by atoms with van der Waals surface area (Å²) in [5.41, 5.74) is 0.0273. The zero-order valence-corrected chi connectivity index (χ0v) is 11.3. The number of rotatable bonds is 4. The predicted octanol–water partition coefficient (Wildman–Crippen LogP) is 1.63. The Morgan fingerprint density at radius 2 is 2.00 bits per heavy atom. The first-order valence-corrected chi connectivity index (χ1v) is 7.38. The molecule has 0 bridgehead atoms. The molecule has 0 unspecified atom stereocenters. The lowest BCUT2D eigenvalue weighted by Gasteiger charge is -2.33. The van der Waals surface area contributed by atoms with Gasteiger partial charge in [0.2, 0.25) is 10.0 Å². The number of sulfonamides is 1. The molecule has 106 valence electrons. The van der Waals surface area contributed by atoms with Gasteiger partial charge in [0.25, 0.3) is 0 Å². The third kappa shape index (κ3) is 2.50. The summed E-state index contributed by atoms with van der Waals surface area (Å²) in [5.74, 6) is -2.67. The monoisotopic (exact) mass is 291 g/mol. The first-order chi connectivity index (χ1) is 8.87. The zero-order chi connectivity index (χ0) is 14.2. The van der Waals surface area contributed by atoms with Gasteiger partial charge in [-0.3, -0.25) is 0 Å². The minimum atomic E-state index is -4.08. The Kier molecular flexibility index (Phi) is 3.89. The summed E-state index contributed by atoms with van der Waals surface area (Å²) in [4.78, 5) is -0.717. The topological polar surface area (TPSA) is 57.6 Å². The number of halogens is 2. The van der Waals surface area contributed by atoms with Crippen molar-refractivity contribution in [1.82, 2.24) is 4.31 Å². The molecule has 0 atom stereocenters. The van der Waals surface area contributed by atoms with Crippen molar-refractivity contribution in [2.75, 3.05) is 7.05 Å². The highest BCUT2D eigenvalue weighted by atomic mass is 32.2. The molecule has 0 spiro atoms. The average Bonchev–Trinajstić information content (AvgIpc) is 2.29. The lowest BCUT2D eigenvalue weighted by molar-refractivity contribution is 0.248. The normalized spacial score (nSPS) is 16.7. The van der Waals surface area contributed by atoms with E-state index >= 15 is 0 Å². The Hall–Kier alpha value is -1.05.